The highest BCUT2D eigenvalue weighted by atomic mass is 19.4. The van der Waals surface area contributed by atoms with Gasteiger partial charge in [-0.3, -0.25) is 0 Å². The molecule has 0 aliphatic carbocycles. The molecule has 1 aromatic carbocycles. The summed E-state index contributed by atoms with van der Waals surface area (Å²) >= 11 is 0. The van der Waals surface area contributed by atoms with E-state index in [-0.39, 0.29) is 12.2 Å². The molecule has 3 rings (SSSR count). The van der Waals surface area contributed by atoms with E-state index in [1.807, 2.05) is 11.0 Å². The Balaban J connectivity index is 1.98. The number of hydrogen-bond acceptors (Lipinski definition) is 4. The third kappa shape index (κ3) is 3.19. The predicted octanol–water partition coefficient (Wildman–Crippen LogP) is 3.28. The van der Waals surface area contributed by atoms with Gasteiger partial charge in [0.05, 0.1) is 17.7 Å². The third-order valence-corrected chi connectivity index (χ3v) is 4.07. The molecule has 1 N–H and O–H groups in total. The van der Waals surface area contributed by atoms with E-state index in [0.717, 1.165) is 12.1 Å². The topological polar surface area (TPSA) is 60.2 Å². The lowest BCUT2D eigenvalue weighted by Crippen LogP contribution is -2.24. The van der Waals surface area contributed by atoms with E-state index in [4.69, 9.17) is 5.26 Å². The predicted molar refractivity (Wildman–Crippen MR) is 81.1 cm³/mol. The number of anilines is 1. The van der Waals surface area contributed by atoms with Crippen molar-refractivity contribution in [1.29, 1.82) is 5.26 Å². The highest BCUT2D eigenvalue weighted by molar-refractivity contribution is 5.52. The van der Waals surface area contributed by atoms with E-state index in [9.17, 15) is 18.3 Å². The van der Waals surface area contributed by atoms with Crippen molar-refractivity contribution in [3.8, 4) is 6.07 Å². The van der Waals surface area contributed by atoms with Gasteiger partial charge in [0, 0.05) is 18.4 Å². The monoisotopic (exact) mass is 333 g/mol. The van der Waals surface area contributed by atoms with Crippen LogP contribution in [-0.2, 0) is 6.18 Å². The highest BCUT2D eigenvalue weighted by Crippen LogP contribution is 2.38. The first-order valence-corrected chi connectivity index (χ1v) is 7.36. The minimum absolute atomic E-state index is 0.219. The maximum absolute atomic E-state index is 12.9. The van der Waals surface area contributed by atoms with Crippen molar-refractivity contribution in [2.45, 2.75) is 24.7 Å². The smallest absolute Gasteiger partial charge is 0.391 e. The molecule has 24 heavy (non-hydrogen) atoms. The molecule has 1 aromatic heterocycles. The number of aliphatic hydroxyl groups is 1. The average molecular weight is 333 g/mol. The number of β-amino-alcohol motifs (C(OH)–C–C–N with tert-alkyl or cyclic N) is 1. The number of aliphatic hydroxyl groups excluding tert-OH is 1. The first-order valence-electron chi connectivity index (χ1n) is 7.36. The summed E-state index contributed by atoms with van der Waals surface area (Å²) in [6.07, 6.45) is -3.26. The summed E-state index contributed by atoms with van der Waals surface area (Å²) in [4.78, 5) is 5.70. The van der Waals surface area contributed by atoms with Gasteiger partial charge in [0.25, 0.3) is 0 Å². The van der Waals surface area contributed by atoms with Gasteiger partial charge in [-0.05, 0) is 36.2 Å². The van der Waals surface area contributed by atoms with E-state index in [2.05, 4.69) is 4.98 Å². The van der Waals surface area contributed by atoms with Crippen molar-refractivity contribution >= 4 is 5.69 Å². The van der Waals surface area contributed by atoms with Gasteiger partial charge in [0.15, 0.2) is 0 Å². The number of alkyl halides is 3. The summed E-state index contributed by atoms with van der Waals surface area (Å²) in [6, 6.07) is 9.92. The quantitative estimate of drug-likeness (QED) is 0.916. The number of hydrogen-bond donors (Lipinski definition) is 1. The van der Waals surface area contributed by atoms with Crippen LogP contribution >= 0.6 is 0 Å². The van der Waals surface area contributed by atoms with Crippen LogP contribution in [0.2, 0.25) is 0 Å². The van der Waals surface area contributed by atoms with E-state index >= 15 is 0 Å². The Morgan fingerprint density at radius 1 is 1.25 bits per heavy atom. The molecule has 2 aromatic rings. The van der Waals surface area contributed by atoms with E-state index < -0.39 is 23.9 Å². The molecule has 1 aliphatic heterocycles. The number of aromatic nitrogens is 1. The molecular weight excluding hydrogens is 319 g/mol. The van der Waals surface area contributed by atoms with E-state index in [1.165, 1.54) is 12.3 Å². The zero-order valence-electron chi connectivity index (χ0n) is 12.5. The largest absolute Gasteiger partial charge is 0.416 e. The van der Waals surface area contributed by atoms with Crippen LogP contribution in [0.1, 0.15) is 29.3 Å². The van der Waals surface area contributed by atoms with Crippen molar-refractivity contribution in [2.75, 3.05) is 11.4 Å². The van der Waals surface area contributed by atoms with Gasteiger partial charge < -0.3 is 10.0 Å². The van der Waals surface area contributed by atoms with Crippen LogP contribution in [0.15, 0.2) is 42.6 Å². The molecule has 1 saturated heterocycles. The first-order chi connectivity index (χ1) is 11.4. The molecule has 0 unspecified atom stereocenters. The van der Waals surface area contributed by atoms with Gasteiger partial charge >= 0.3 is 6.18 Å². The summed E-state index contributed by atoms with van der Waals surface area (Å²) in [7, 11) is 0. The summed E-state index contributed by atoms with van der Waals surface area (Å²) in [5, 5.41) is 19.0. The SMILES string of the molecule is N#Cc1cc(N2C[C@@H](O)C[C@@H]2c2cccc(C(F)(F)F)c2)ccn1. The van der Waals surface area contributed by atoms with Crippen molar-refractivity contribution in [1.82, 2.24) is 4.98 Å². The minimum atomic E-state index is -4.41. The fourth-order valence-electron chi connectivity index (χ4n) is 3.00. The summed E-state index contributed by atoms with van der Waals surface area (Å²) in [6.45, 7) is 0.287. The molecule has 0 spiro atoms. The second-order valence-electron chi connectivity index (χ2n) is 5.69. The van der Waals surface area contributed by atoms with Crippen LogP contribution in [0.3, 0.4) is 0 Å². The summed E-state index contributed by atoms with van der Waals surface area (Å²) < 4.78 is 38.8. The molecule has 2 heterocycles. The number of pyridine rings is 1. The number of rotatable bonds is 2. The number of halogens is 3. The molecule has 7 heteroatoms. The summed E-state index contributed by atoms with van der Waals surface area (Å²) in [5.41, 5.74) is 0.641. The maximum atomic E-state index is 12.9. The van der Waals surface area contributed by atoms with Crippen molar-refractivity contribution in [3.05, 3.63) is 59.4 Å². The number of benzene rings is 1. The maximum Gasteiger partial charge on any atom is 0.416 e. The van der Waals surface area contributed by atoms with Crippen molar-refractivity contribution in [3.63, 3.8) is 0 Å². The van der Waals surface area contributed by atoms with E-state index in [1.54, 1.807) is 18.2 Å². The zero-order valence-corrected chi connectivity index (χ0v) is 12.5. The molecule has 124 valence electrons. The Bertz CT molecular complexity index is 785. The Labute approximate surface area is 136 Å². The molecular formula is C17H14F3N3O. The molecule has 2 atom stereocenters. The van der Waals surface area contributed by atoms with Crippen molar-refractivity contribution < 1.29 is 18.3 Å². The Kier molecular flexibility index (Phi) is 4.16. The Hall–Kier alpha value is -2.59. The molecule has 4 nitrogen and oxygen atoms in total. The lowest BCUT2D eigenvalue weighted by atomic mass is 10.0. The van der Waals surface area contributed by atoms with Crippen LogP contribution in [0, 0.1) is 11.3 Å². The van der Waals surface area contributed by atoms with Crippen LogP contribution in [0.5, 0.6) is 0 Å². The van der Waals surface area contributed by atoms with Gasteiger partial charge in [-0.25, -0.2) is 4.98 Å². The average Bonchev–Trinajstić information content (AvgIpc) is 2.96. The fraction of sp³-hybridized carbons (Fsp3) is 0.294. The standard InChI is InChI=1S/C17H14F3N3O/c18-17(19,20)12-3-1-2-11(6-12)16-8-15(24)10-23(16)14-4-5-22-13(7-14)9-21/h1-7,15-16,24H,8,10H2/t15-,16+/m0/s1. The van der Waals surface area contributed by atoms with Gasteiger partial charge in [-0.1, -0.05) is 12.1 Å². The van der Waals surface area contributed by atoms with Gasteiger partial charge in [-0.15, -0.1) is 0 Å². The third-order valence-electron chi connectivity index (χ3n) is 4.07. The summed E-state index contributed by atoms with van der Waals surface area (Å²) in [5.74, 6) is 0. The molecule has 0 radical (unpaired) electrons. The van der Waals surface area contributed by atoms with Crippen LogP contribution < -0.4 is 4.90 Å². The normalized spacial score (nSPS) is 20.9. The molecule has 0 bridgehead atoms. The van der Waals surface area contributed by atoms with Crippen LogP contribution in [-0.4, -0.2) is 22.7 Å². The Morgan fingerprint density at radius 2 is 2.04 bits per heavy atom. The first kappa shape index (κ1) is 16.3. The van der Waals surface area contributed by atoms with Gasteiger partial charge in [0.2, 0.25) is 0 Å². The van der Waals surface area contributed by atoms with Crippen LogP contribution in [0.25, 0.3) is 0 Å². The highest BCUT2D eigenvalue weighted by Gasteiger charge is 2.35. The number of nitrogens with zero attached hydrogens (tertiary/aromatic N) is 3. The minimum Gasteiger partial charge on any atom is -0.391 e. The number of nitriles is 1. The van der Waals surface area contributed by atoms with Crippen molar-refractivity contribution in [2.24, 2.45) is 0 Å². The van der Waals surface area contributed by atoms with Gasteiger partial charge in [0.1, 0.15) is 11.8 Å². The molecule has 1 aliphatic rings. The van der Waals surface area contributed by atoms with E-state index in [0.29, 0.717) is 17.7 Å². The molecule has 1 fully saturated rings. The fourth-order valence-corrected chi connectivity index (χ4v) is 3.00. The zero-order chi connectivity index (χ0) is 17.3. The molecule has 0 saturated carbocycles. The lowest BCUT2D eigenvalue weighted by Gasteiger charge is -2.27. The van der Waals surface area contributed by atoms with Crippen LogP contribution in [0.4, 0.5) is 18.9 Å². The lowest BCUT2D eigenvalue weighted by molar-refractivity contribution is -0.137. The second-order valence-corrected chi connectivity index (χ2v) is 5.69. The second kappa shape index (κ2) is 6.13. The van der Waals surface area contributed by atoms with Gasteiger partial charge in [-0.2, -0.15) is 18.4 Å². The Morgan fingerprint density at radius 3 is 2.75 bits per heavy atom. The molecule has 0 amide bonds.